The maximum absolute atomic E-state index is 13.9. The highest BCUT2D eigenvalue weighted by atomic mass is 32.2. The topological polar surface area (TPSA) is 46.2 Å². The average Bonchev–Trinajstić information content (AvgIpc) is 2.69. The van der Waals surface area contributed by atoms with Gasteiger partial charge < -0.3 is 4.48 Å². The third kappa shape index (κ3) is 5.42. The molecule has 0 bridgehead atoms. The van der Waals surface area contributed by atoms with Crippen LogP contribution in [0, 0.1) is 0 Å². The van der Waals surface area contributed by atoms with Crippen molar-refractivity contribution in [3.8, 4) is 0 Å². The fourth-order valence-electron chi connectivity index (χ4n) is 2.28. The minimum Gasteiger partial charge on any atom is -0.329 e. The average molecular weight is 613 g/mol. The SMILES string of the molecule is CC[N+](C)(C)CCCNS(=O)(=O)C(F)(F)C(F)(F)C(F)(F)C(F)(F)C(F)(F)C(F)(F)C(F)(F)C(F)(F)F. The van der Waals surface area contributed by atoms with Crippen LogP contribution in [0.1, 0.15) is 13.3 Å². The molecule has 0 unspecified atom stereocenters. The van der Waals surface area contributed by atoms with Crippen molar-refractivity contribution in [2.75, 3.05) is 33.7 Å². The van der Waals surface area contributed by atoms with E-state index in [1.807, 2.05) is 0 Å². The van der Waals surface area contributed by atoms with Crippen LogP contribution in [-0.2, 0) is 10.0 Å². The van der Waals surface area contributed by atoms with Crippen molar-refractivity contribution in [2.45, 2.75) is 60.3 Å². The second-order valence-corrected chi connectivity index (χ2v) is 10.00. The van der Waals surface area contributed by atoms with Gasteiger partial charge in [0, 0.05) is 13.0 Å². The first-order valence-electron chi connectivity index (χ1n) is 9.29. The van der Waals surface area contributed by atoms with Gasteiger partial charge in [-0.1, -0.05) is 0 Å². The van der Waals surface area contributed by atoms with Gasteiger partial charge in [0.25, 0.3) is 10.0 Å². The van der Waals surface area contributed by atoms with Gasteiger partial charge in [0.2, 0.25) is 0 Å². The molecule has 4 nitrogen and oxygen atoms in total. The van der Waals surface area contributed by atoms with E-state index in [4.69, 9.17) is 0 Å². The van der Waals surface area contributed by atoms with Crippen LogP contribution in [0.5, 0.6) is 0 Å². The van der Waals surface area contributed by atoms with Gasteiger partial charge >= 0.3 is 47.0 Å². The molecule has 0 atom stereocenters. The Morgan fingerprint density at radius 3 is 1.24 bits per heavy atom. The van der Waals surface area contributed by atoms with Crippen molar-refractivity contribution in [1.29, 1.82) is 0 Å². The number of sulfonamides is 1. The number of halogens is 17. The summed E-state index contributed by atoms with van der Waals surface area (Å²) in [5, 5.41) is -7.53. The summed E-state index contributed by atoms with van der Waals surface area (Å²) >= 11 is 0. The van der Waals surface area contributed by atoms with E-state index in [0.29, 0.717) is 11.3 Å². The van der Waals surface area contributed by atoms with Crippen molar-refractivity contribution in [1.82, 2.24) is 4.72 Å². The van der Waals surface area contributed by atoms with Crippen molar-refractivity contribution < 1.29 is 87.5 Å². The number of alkyl halides is 17. The normalized spacial score (nSPS) is 16.3. The lowest BCUT2D eigenvalue weighted by Crippen LogP contribution is -2.75. The standard InChI is InChI=1S/C15H18F17N2O2S/c1-4-34(2,3)7-5-6-33-37(35,36)15(31,32)13(26,27)11(22,23)9(18,19)8(16,17)10(20,21)12(24,25)14(28,29)30/h33H,4-7H2,1-3H3/q+1. The van der Waals surface area contributed by atoms with Gasteiger partial charge in [-0.15, -0.1) is 0 Å². The quantitative estimate of drug-likeness (QED) is 0.173. The van der Waals surface area contributed by atoms with Crippen LogP contribution in [-0.4, -0.2) is 93.6 Å². The summed E-state index contributed by atoms with van der Waals surface area (Å²) in [6, 6.07) is 0. The summed E-state index contributed by atoms with van der Waals surface area (Å²) in [7, 11) is -4.26. The lowest BCUT2D eigenvalue weighted by Gasteiger charge is -2.42. The molecule has 0 heterocycles. The third-order valence-corrected chi connectivity index (χ3v) is 6.63. The molecule has 0 spiro atoms. The van der Waals surface area contributed by atoms with Crippen LogP contribution in [0.2, 0.25) is 0 Å². The van der Waals surface area contributed by atoms with Crippen molar-refractivity contribution >= 4 is 10.0 Å². The van der Waals surface area contributed by atoms with E-state index in [2.05, 4.69) is 0 Å². The Hall–Kier alpha value is -1.32. The number of hydrogen-bond acceptors (Lipinski definition) is 2. The van der Waals surface area contributed by atoms with E-state index in [1.165, 1.54) is 14.1 Å². The summed E-state index contributed by atoms with van der Waals surface area (Å²) in [6.45, 7) is 0.549. The van der Waals surface area contributed by atoms with E-state index in [0.717, 1.165) is 0 Å². The largest absolute Gasteiger partial charge is 0.460 e. The Bertz CT molecular complexity index is 912. The predicted molar refractivity (Wildman–Crippen MR) is 89.7 cm³/mol. The van der Waals surface area contributed by atoms with Crippen molar-refractivity contribution in [2.24, 2.45) is 0 Å². The molecule has 0 aliphatic carbocycles. The molecule has 0 saturated carbocycles. The molecule has 0 radical (unpaired) electrons. The zero-order valence-corrected chi connectivity index (χ0v) is 19.2. The van der Waals surface area contributed by atoms with E-state index >= 15 is 0 Å². The number of rotatable bonds is 13. The summed E-state index contributed by atoms with van der Waals surface area (Å²) in [5.41, 5.74) is 0. The van der Waals surface area contributed by atoms with Crippen LogP contribution in [0.25, 0.3) is 0 Å². The number of nitrogens with one attached hydrogen (secondary N) is 1. The molecule has 0 aliphatic heterocycles. The summed E-state index contributed by atoms with van der Waals surface area (Å²) in [6.07, 6.45) is -8.36. The molecule has 0 saturated heterocycles. The molecule has 22 heteroatoms. The Morgan fingerprint density at radius 2 is 0.919 bits per heavy atom. The molecular formula is C15H18F17N2O2S+. The molecule has 1 N–H and O–H groups in total. The van der Waals surface area contributed by atoms with Gasteiger partial charge in [-0.05, 0) is 6.92 Å². The second-order valence-electron chi connectivity index (χ2n) is 8.19. The molecule has 224 valence electrons. The molecule has 0 aromatic heterocycles. The summed E-state index contributed by atoms with van der Waals surface area (Å²) < 4.78 is 248. The molecule has 0 amide bonds. The van der Waals surface area contributed by atoms with Crippen LogP contribution in [0.15, 0.2) is 0 Å². The van der Waals surface area contributed by atoms with Gasteiger partial charge in [0.05, 0.1) is 27.2 Å². The van der Waals surface area contributed by atoms with Crippen molar-refractivity contribution in [3.63, 3.8) is 0 Å². The Labute approximate surface area is 197 Å². The van der Waals surface area contributed by atoms with E-state index in [9.17, 15) is 83.1 Å². The molecule has 0 aliphatic rings. The van der Waals surface area contributed by atoms with Gasteiger partial charge in [-0.25, -0.2) is 13.1 Å². The highest BCUT2D eigenvalue weighted by Gasteiger charge is 2.96. The number of nitrogens with zero attached hydrogens (tertiary/aromatic N) is 1. The summed E-state index contributed by atoms with van der Waals surface area (Å²) in [5.74, 6) is -51.5. The molecule has 0 fully saturated rings. The first kappa shape index (κ1) is 35.7. The molecule has 0 aromatic rings. The number of quaternary nitrogens is 1. The monoisotopic (exact) mass is 613 g/mol. The lowest BCUT2D eigenvalue weighted by atomic mass is 9.91. The lowest BCUT2D eigenvalue weighted by molar-refractivity contribution is -0.888. The van der Waals surface area contributed by atoms with E-state index in [1.54, 1.807) is 6.92 Å². The molecule has 0 rings (SSSR count). The Kier molecular flexibility index (Phi) is 9.35. The predicted octanol–water partition coefficient (Wildman–Crippen LogP) is 5.36. The number of hydrogen-bond donors (Lipinski definition) is 1. The highest BCUT2D eigenvalue weighted by Crippen LogP contribution is 2.64. The minimum atomic E-state index is -8.83. The Morgan fingerprint density at radius 1 is 0.595 bits per heavy atom. The maximum Gasteiger partial charge on any atom is 0.460 e. The highest BCUT2D eigenvalue weighted by molar-refractivity contribution is 7.90. The van der Waals surface area contributed by atoms with E-state index in [-0.39, 0.29) is 11.0 Å². The Balaban J connectivity index is 6.49. The van der Waals surface area contributed by atoms with Gasteiger partial charge in [0.15, 0.2) is 0 Å². The van der Waals surface area contributed by atoms with E-state index < -0.39 is 70.0 Å². The van der Waals surface area contributed by atoms with Crippen LogP contribution in [0.4, 0.5) is 74.6 Å². The first-order valence-corrected chi connectivity index (χ1v) is 10.8. The third-order valence-electron chi connectivity index (χ3n) is 5.12. The molecule has 37 heavy (non-hydrogen) atoms. The van der Waals surface area contributed by atoms with Crippen LogP contribution < -0.4 is 4.72 Å². The first-order chi connectivity index (χ1) is 15.8. The van der Waals surface area contributed by atoms with Gasteiger partial charge in [-0.3, -0.25) is 0 Å². The van der Waals surface area contributed by atoms with Crippen LogP contribution in [0.3, 0.4) is 0 Å². The summed E-state index contributed by atoms with van der Waals surface area (Å²) in [4.78, 5) is 0. The second kappa shape index (κ2) is 9.70. The smallest absolute Gasteiger partial charge is 0.329 e. The van der Waals surface area contributed by atoms with Gasteiger partial charge in [-0.2, -0.15) is 74.6 Å². The molecule has 0 aromatic carbocycles. The fraction of sp³-hybridized carbons (Fsp3) is 1.00. The van der Waals surface area contributed by atoms with Crippen LogP contribution >= 0.6 is 0 Å². The van der Waals surface area contributed by atoms with Gasteiger partial charge in [0.1, 0.15) is 0 Å². The molecular weight excluding hydrogens is 595 g/mol. The minimum absolute atomic E-state index is 0.0461. The zero-order valence-electron chi connectivity index (χ0n) is 18.4. The fourth-order valence-corrected chi connectivity index (χ4v) is 3.34. The van der Waals surface area contributed by atoms with Crippen molar-refractivity contribution in [3.05, 3.63) is 0 Å². The zero-order chi connectivity index (χ0) is 30.5. The maximum atomic E-state index is 13.9.